The molecule has 1 N–H and O–H groups in total. The molecular formula is C17H20N4O2. The van der Waals surface area contributed by atoms with Gasteiger partial charge >= 0.3 is 5.97 Å². The molecule has 0 bridgehead atoms. The van der Waals surface area contributed by atoms with E-state index in [1.807, 2.05) is 0 Å². The van der Waals surface area contributed by atoms with Crippen LogP contribution in [0, 0.1) is 5.41 Å². The van der Waals surface area contributed by atoms with Crippen molar-refractivity contribution in [1.82, 2.24) is 14.8 Å². The molecule has 2 aromatic rings. The first-order valence-electron chi connectivity index (χ1n) is 8.08. The fourth-order valence-electron chi connectivity index (χ4n) is 3.30. The molecule has 1 aliphatic carbocycles. The fraction of sp³-hybridized carbons (Fsp3) is 0.471. The SMILES string of the molecule is CCc1nc(N2CC3(CC3)C2)ccc1Cn1cc(C(=O)O)cn1. The van der Waals surface area contributed by atoms with Crippen LogP contribution in [0.15, 0.2) is 24.5 Å². The van der Waals surface area contributed by atoms with E-state index in [1.54, 1.807) is 10.9 Å². The van der Waals surface area contributed by atoms with Gasteiger partial charge in [0.2, 0.25) is 0 Å². The summed E-state index contributed by atoms with van der Waals surface area (Å²) in [4.78, 5) is 18.1. The zero-order valence-electron chi connectivity index (χ0n) is 13.2. The molecule has 2 fully saturated rings. The van der Waals surface area contributed by atoms with Gasteiger partial charge in [-0.1, -0.05) is 13.0 Å². The predicted octanol–water partition coefficient (Wildman–Crippen LogP) is 2.19. The topological polar surface area (TPSA) is 71.2 Å². The second kappa shape index (κ2) is 5.08. The van der Waals surface area contributed by atoms with E-state index in [0.717, 1.165) is 36.6 Å². The number of aromatic nitrogens is 3. The molecule has 0 radical (unpaired) electrons. The van der Waals surface area contributed by atoms with E-state index in [4.69, 9.17) is 10.1 Å². The first-order chi connectivity index (χ1) is 11.1. The summed E-state index contributed by atoms with van der Waals surface area (Å²) in [7, 11) is 0. The van der Waals surface area contributed by atoms with E-state index in [-0.39, 0.29) is 5.56 Å². The van der Waals surface area contributed by atoms with Gasteiger partial charge in [-0.15, -0.1) is 0 Å². The summed E-state index contributed by atoms with van der Waals surface area (Å²) in [6, 6.07) is 4.17. The van der Waals surface area contributed by atoms with Crippen LogP contribution in [0.2, 0.25) is 0 Å². The van der Waals surface area contributed by atoms with Gasteiger partial charge in [-0.05, 0) is 30.9 Å². The molecule has 1 saturated carbocycles. The van der Waals surface area contributed by atoms with Crippen LogP contribution in [0.4, 0.5) is 5.82 Å². The Kier molecular flexibility index (Phi) is 3.14. The molecule has 120 valence electrons. The van der Waals surface area contributed by atoms with E-state index in [2.05, 4.69) is 29.1 Å². The smallest absolute Gasteiger partial charge is 0.338 e. The monoisotopic (exact) mass is 312 g/mol. The van der Waals surface area contributed by atoms with Gasteiger partial charge in [-0.25, -0.2) is 9.78 Å². The lowest BCUT2D eigenvalue weighted by molar-refractivity contribution is 0.0697. The number of nitrogens with zero attached hydrogens (tertiary/aromatic N) is 4. The minimum absolute atomic E-state index is 0.211. The van der Waals surface area contributed by atoms with Crippen LogP contribution in [-0.2, 0) is 13.0 Å². The quantitative estimate of drug-likeness (QED) is 0.916. The van der Waals surface area contributed by atoms with E-state index < -0.39 is 5.97 Å². The summed E-state index contributed by atoms with van der Waals surface area (Å²) in [5, 5.41) is 13.1. The summed E-state index contributed by atoms with van der Waals surface area (Å²) in [6.07, 6.45) is 6.53. The number of rotatable bonds is 5. The molecule has 3 heterocycles. The second-order valence-electron chi connectivity index (χ2n) is 6.72. The predicted molar refractivity (Wildman–Crippen MR) is 85.8 cm³/mol. The van der Waals surface area contributed by atoms with E-state index in [9.17, 15) is 4.79 Å². The molecule has 1 spiro atoms. The van der Waals surface area contributed by atoms with Gasteiger partial charge in [0.25, 0.3) is 0 Å². The Bertz CT molecular complexity index is 756. The Labute approximate surface area is 134 Å². The Morgan fingerprint density at radius 1 is 1.35 bits per heavy atom. The van der Waals surface area contributed by atoms with Crippen LogP contribution in [0.1, 0.15) is 41.4 Å². The van der Waals surface area contributed by atoms with Gasteiger partial charge in [-0.3, -0.25) is 4.68 Å². The summed E-state index contributed by atoms with van der Waals surface area (Å²) in [6.45, 7) is 4.93. The van der Waals surface area contributed by atoms with Crippen molar-refractivity contribution in [3.63, 3.8) is 0 Å². The lowest BCUT2D eigenvalue weighted by Gasteiger charge is -2.41. The van der Waals surface area contributed by atoms with Crippen molar-refractivity contribution in [3.05, 3.63) is 41.3 Å². The maximum atomic E-state index is 10.9. The van der Waals surface area contributed by atoms with Crippen LogP contribution in [0.3, 0.4) is 0 Å². The van der Waals surface area contributed by atoms with Crippen LogP contribution >= 0.6 is 0 Å². The zero-order valence-corrected chi connectivity index (χ0v) is 13.2. The van der Waals surface area contributed by atoms with Crippen LogP contribution in [0.5, 0.6) is 0 Å². The van der Waals surface area contributed by atoms with Crippen molar-refractivity contribution in [2.75, 3.05) is 18.0 Å². The second-order valence-corrected chi connectivity index (χ2v) is 6.72. The lowest BCUT2D eigenvalue weighted by atomic mass is 9.97. The Balaban J connectivity index is 1.52. The molecule has 1 saturated heterocycles. The first-order valence-corrected chi connectivity index (χ1v) is 8.08. The largest absolute Gasteiger partial charge is 0.478 e. The highest BCUT2D eigenvalue weighted by molar-refractivity contribution is 5.86. The molecule has 23 heavy (non-hydrogen) atoms. The molecule has 2 aliphatic rings. The van der Waals surface area contributed by atoms with Crippen LogP contribution in [-0.4, -0.2) is 38.9 Å². The van der Waals surface area contributed by atoms with Crippen molar-refractivity contribution in [2.45, 2.75) is 32.7 Å². The average Bonchev–Trinajstić information content (AvgIpc) is 3.18. The highest BCUT2D eigenvalue weighted by Gasteiger charge is 2.52. The number of pyridine rings is 1. The van der Waals surface area contributed by atoms with Crippen molar-refractivity contribution < 1.29 is 9.90 Å². The van der Waals surface area contributed by atoms with E-state index in [0.29, 0.717) is 12.0 Å². The maximum absolute atomic E-state index is 10.9. The van der Waals surface area contributed by atoms with Gasteiger partial charge in [0.1, 0.15) is 5.82 Å². The molecule has 1 aliphatic heterocycles. The number of carboxylic acids is 1. The number of aryl methyl sites for hydroxylation is 1. The van der Waals surface area contributed by atoms with Crippen molar-refractivity contribution in [2.24, 2.45) is 5.41 Å². The maximum Gasteiger partial charge on any atom is 0.338 e. The van der Waals surface area contributed by atoms with Crippen LogP contribution in [0.25, 0.3) is 0 Å². The van der Waals surface area contributed by atoms with Crippen molar-refractivity contribution in [1.29, 1.82) is 0 Å². The molecule has 0 amide bonds. The average molecular weight is 312 g/mol. The summed E-state index contributed by atoms with van der Waals surface area (Å²) in [5.41, 5.74) is 2.99. The van der Waals surface area contributed by atoms with Crippen molar-refractivity contribution in [3.8, 4) is 0 Å². The molecule has 0 atom stereocenters. The third kappa shape index (κ3) is 2.58. The molecular weight excluding hydrogens is 292 g/mol. The van der Waals surface area contributed by atoms with E-state index in [1.165, 1.54) is 19.0 Å². The van der Waals surface area contributed by atoms with E-state index >= 15 is 0 Å². The lowest BCUT2D eigenvalue weighted by Crippen LogP contribution is -2.48. The van der Waals surface area contributed by atoms with Crippen LogP contribution < -0.4 is 4.90 Å². The fourth-order valence-corrected chi connectivity index (χ4v) is 3.30. The first kappa shape index (κ1) is 14.2. The number of carbonyl (C=O) groups is 1. The molecule has 0 unspecified atom stereocenters. The Morgan fingerprint density at radius 2 is 2.13 bits per heavy atom. The van der Waals surface area contributed by atoms with Gasteiger partial charge < -0.3 is 10.0 Å². The molecule has 0 aromatic carbocycles. The van der Waals surface area contributed by atoms with Crippen molar-refractivity contribution >= 4 is 11.8 Å². The minimum Gasteiger partial charge on any atom is -0.478 e. The Hall–Kier alpha value is -2.37. The highest BCUT2D eigenvalue weighted by atomic mass is 16.4. The number of anilines is 1. The van der Waals surface area contributed by atoms with Gasteiger partial charge in [0, 0.05) is 30.4 Å². The van der Waals surface area contributed by atoms with Gasteiger partial charge in [-0.2, -0.15) is 5.10 Å². The third-order valence-corrected chi connectivity index (χ3v) is 4.93. The molecule has 6 nitrogen and oxygen atoms in total. The van der Waals surface area contributed by atoms with Gasteiger partial charge in [0.05, 0.1) is 18.3 Å². The summed E-state index contributed by atoms with van der Waals surface area (Å²) in [5.74, 6) is 0.113. The summed E-state index contributed by atoms with van der Waals surface area (Å²) >= 11 is 0. The van der Waals surface area contributed by atoms with Gasteiger partial charge in [0.15, 0.2) is 0 Å². The zero-order chi connectivity index (χ0) is 16.0. The minimum atomic E-state index is -0.952. The number of hydrogen-bond acceptors (Lipinski definition) is 4. The Morgan fingerprint density at radius 3 is 2.74 bits per heavy atom. The highest BCUT2D eigenvalue weighted by Crippen LogP contribution is 2.53. The molecule has 6 heteroatoms. The third-order valence-electron chi connectivity index (χ3n) is 4.93. The number of hydrogen-bond donors (Lipinski definition) is 1. The summed E-state index contributed by atoms with van der Waals surface area (Å²) < 4.78 is 1.65. The molecule has 2 aromatic heterocycles. The number of carboxylic acid groups (broad SMARTS) is 1. The standard InChI is InChI=1S/C17H20N4O2/c1-2-14-12(8-21-9-13(7-18-21)16(22)23)3-4-15(19-14)20-10-17(11-20)5-6-17/h3-4,7,9H,2,5-6,8,10-11H2,1H3,(H,22,23). The normalized spacial score (nSPS) is 18.0. The molecule has 4 rings (SSSR count). The number of aromatic carboxylic acids is 1.